The Morgan fingerprint density at radius 2 is 1.76 bits per heavy atom. The molecule has 1 unspecified atom stereocenters. The van der Waals surface area contributed by atoms with Gasteiger partial charge in [0.15, 0.2) is 0 Å². The molecule has 0 aromatic rings. The Morgan fingerprint density at radius 3 is 2.12 bits per heavy atom. The second-order valence-corrected chi connectivity index (χ2v) is 5.38. The van der Waals surface area contributed by atoms with Crippen molar-refractivity contribution in [1.82, 2.24) is 4.90 Å². The first kappa shape index (κ1) is 16.5. The lowest BCUT2D eigenvalue weighted by atomic mass is 9.92. The summed E-state index contributed by atoms with van der Waals surface area (Å²) in [6, 6.07) is 0.479. The Morgan fingerprint density at radius 1 is 1.29 bits per heavy atom. The van der Waals surface area contributed by atoms with Gasteiger partial charge in [0.2, 0.25) is 5.91 Å². The van der Waals surface area contributed by atoms with Crippen LogP contribution < -0.4 is 0 Å². The van der Waals surface area contributed by atoms with Crippen molar-refractivity contribution in [3.63, 3.8) is 0 Å². The summed E-state index contributed by atoms with van der Waals surface area (Å²) in [5.74, 6) is 0.921. The number of hydrogen-bond acceptors (Lipinski definition) is 1. The molecule has 1 fully saturated rings. The molecule has 102 valence electrons. The fourth-order valence-corrected chi connectivity index (χ4v) is 3.14. The van der Waals surface area contributed by atoms with Gasteiger partial charge in [-0.05, 0) is 32.6 Å². The molecule has 0 saturated carbocycles. The monoisotopic (exact) mass is 241 g/mol. The number of carbonyl (C=O) groups excluding carboxylic acids is 1. The van der Waals surface area contributed by atoms with E-state index >= 15 is 0 Å². The van der Waals surface area contributed by atoms with E-state index in [2.05, 4.69) is 32.6 Å². The van der Waals surface area contributed by atoms with Crippen molar-refractivity contribution in [3.05, 3.63) is 0 Å². The average molecular weight is 241 g/mol. The third-order valence-corrected chi connectivity index (χ3v) is 3.97. The summed E-state index contributed by atoms with van der Waals surface area (Å²) in [7, 11) is 0. The normalized spacial score (nSPS) is 22.4. The van der Waals surface area contributed by atoms with E-state index in [0.29, 0.717) is 12.0 Å². The Bertz CT molecular complexity index is 231. The van der Waals surface area contributed by atoms with Gasteiger partial charge in [0.1, 0.15) is 0 Å². The van der Waals surface area contributed by atoms with E-state index in [4.69, 9.17) is 0 Å². The number of amides is 1. The lowest BCUT2D eigenvalue weighted by Crippen LogP contribution is -2.48. The van der Waals surface area contributed by atoms with E-state index in [0.717, 1.165) is 6.42 Å². The van der Waals surface area contributed by atoms with Crippen LogP contribution in [0.15, 0.2) is 0 Å². The molecule has 0 spiro atoms. The SMILES string of the molecule is CC.CCC(CC)C1CCC(C)(C)N1C(C)=O. The van der Waals surface area contributed by atoms with Crippen molar-refractivity contribution in [2.45, 2.75) is 85.7 Å². The molecular formula is C15H31NO. The van der Waals surface area contributed by atoms with Crippen LogP contribution in [0.3, 0.4) is 0 Å². The maximum absolute atomic E-state index is 11.7. The topological polar surface area (TPSA) is 20.3 Å². The van der Waals surface area contributed by atoms with Gasteiger partial charge in [0.05, 0.1) is 0 Å². The number of nitrogens with zero attached hydrogens (tertiary/aromatic N) is 1. The highest BCUT2D eigenvalue weighted by atomic mass is 16.2. The Hall–Kier alpha value is -0.530. The zero-order valence-corrected chi connectivity index (χ0v) is 12.8. The molecule has 0 N–H and O–H groups in total. The van der Waals surface area contributed by atoms with Crippen LogP contribution in [0.4, 0.5) is 0 Å². The van der Waals surface area contributed by atoms with Crippen molar-refractivity contribution in [2.75, 3.05) is 0 Å². The molecule has 0 radical (unpaired) electrons. The highest BCUT2D eigenvalue weighted by Gasteiger charge is 2.43. The number of hydrogen-bond donors (Lipinski definition) is 0. The molecule has 1 amide bonds. The predicted octanol–water partition coefficient (Wildman–Crippen LogP) is 4.24. The first-order valence-corrected chi connectivity index (χ1v) is 7.24. The van der Waals surface area contributed by atoms with Crippen LogP contribution in [0.2, 0.25) is 0 Å². The van der Waals surface area contributed by atoms with Crippen LogP contribution in [-0.4, -0.2) is 22.4 Å². The summed E-state index contributed by atoms with van der Waals surface area (Å²) in [4.78, 5) is 13.9. The van der Waals surface area contributed by atoms with Gasteiger partial charge in [-0.3, -0.25) is 4.79 Å². The summed E-state index contributed by atoms with van der Waals surface area (Å²) in [6.07, 6.45) is 4.69. The van der Waals surface area contributed by atoms with Gasteiger partial charge in [0.25, 0.3) is 0 Å². The molecule has 2 nitrogen and oxygen atoms in total. The van der Waals surface area contributed by atoms with Crippen LogP contribution in [0.25, 0.3) is 0 Å². The second kappa shape index (κ2) is 7.03. The standard InChI is InChI=1S/C13H25NO.C2H6/c1-6-11(7-2)12-8-9-13(4,5)14(12)10(3)15;1-2/h11-12H,6-9H2,1-5H3;1-2H3. The van der Waals surface area contributed by atoms with Gasteiger partial charge in [-0.2, -0.15) is 0 Å². The minimum absolute atomic E-state index is 0.0685. The molecule has 1 heterocycles. The van der Waals surface area contributed by atoms with Crippen LogP contribution in [0, 0.1) is 5.92 Å². The van der Waals surface area contributed by atoms with Crippen molar-refractivity contribution in [3.8, 4) is 0 Å². The second-order valence-electron chi connectivity index (χ2n) is 5.38. The summed E-state index contributed by atoms with van der Waals surface area (Å²) < 4.78 is 0. The fourth-order valence-electron chi connectivity index (χ4n) is 3.14. The van der Waals surface area contributed by atoms with Gasteiger partial charge >= 0.3 is 0 Å². The van der Waals surface area contributed by atoms with E-state index in [1.165, 1.54) is 19.3 Å². The van der Waals surface area contributed by atoms with Crippen molar-refractivity contribution in [2.24, 2.45) is 5.92 Å². The highest BCUT2D eigenvalue weighted by molar-refractivity contribution is 5.75. The summed E-state index contributed by atoms with van der Waals surface area (Å²) >= 11 is 0. The fraction of sp³-hybridized carbons (Fsp3) is 0.933. The number of likely N-dealkylation sites (tertiary alicyclic amines) is 1. The molecule has 1 aliphatic rings. The Balaban J connectivity index is 0.00000121. The van der Waals surface area contributed by atoms with Crippen LogP contribution >= 0.6 is 0 Å². The van der Waals surface area contributed by atoms with Gasteiger partial charge in [-0.1, -0.05) is 40.5 Å². The molecule has 1 rings (SSSR count). The smallest absolute Gasteiger partial charge is 0.220 e. The maximum Gasteiger partial charge on any atom is 0.220 e. The summed E-state index contributed by atoms with van der Waals surface area (Å²) in [6.45, 7) is 14.6. The lowest BCUT2D eigenvalue weighted by molar-refractivity contribution is -0.135. The zero-order chi connectivity index (χ0) is 13.6. The highest BCUT2D eigenvalue weighted by Crippen LogP contribution is 2.38. The maximum atomic E-state index is 11.7. The third kappa shape index (κ3) is 3.72. The average Bonchev–Trinajstić information content (AvgIpc) is 2.59. The van der Waals surface area contributed by atoms with Crippen LogP contribution in [0.5, 0.6) is 0 Å². The van der Waals surface area contributed by atoms with Crippen molar-refractivity contribution in [1.29, 1.82) is 0 Å². The predicted molar refractivity (Wildman–Crippen MR) is 75.0 cm³/mol. The molecule has 0 bridgehead atoms. The van der Waals surface area contributed by atoms with E-state index < -0.39 is 0 Å². The quantitative estimate of drug-likeness (QED) is 0.724. The summed E-state index contributed by atoms with van der Waals surface area (Å²) in [5.41, 5.74) is 0.0685. The lowest BCUT2D eigenvalue weighted by Gasteiger charge is -2.38. The number of rotatable bonds is 3. The molecule has 1 saturated heterocycles. The van der Waals surface area contributed by atoms with Crippen molar-refractivity contribution >= 4 is 5.91 Å². The summed E-state index contributed by atoms with van der Waals surface area (Å²) in [5, 5.41) is 0. The van der Waals surface area contributed by atoms with Gasteiger partial charge in [0, 0.05) is 18.5 Å². The van der Waals surface area contributed by atoms with E-state index in [9.17, 15) is 4.79 Å². The molecule has 0 aromatic heterocycles. The van der Waals surface area contributed by atoms with Crippen molar-refractivity contribution < 1.29 is 4.79 Å². The molecule has 0 aromatic carbocycles. The third-order valence-electron chi connectivity index (χ3n) is 3.97. The molecule has 1 atom stereocenters. The van der Waals surface area contributed by atoms with E-state index in [1.54, 1.807) is 6.92 Å². The molecular weight excluding hydrogens is 210 g/mol. The first-order chi connectivity index (χ1) is 7.94. The Labute approximate surface area is 108 Å². The molecule has 0 aliphatic carbocycles. The van der Waals surface area contributed by atoms with E-state index in [-0.39, 0.29) is 11.4 Å². The number of carbonyl (C=O) groups is 1. The van der Waals surface area contributed by atoms with Crippen LogP contribution in [-0.2, 0) is 4.79 Å². The minimum atomic E-state index is 0.0685. The molecule has 2 heteroatoms. The molecule has 1 aliphatic heterocycles. The van der Waals surface area contributed by atoms with Gasteiger partial charge in [-0.15, -0.1) is 0 Å². The van der Waals surface area contributed by atoms with Gasteiger partial charge in [-0.25, -0.2) is 0 Å². The zero-order valence-electron chi connectivity index (χ0n) is 12.8. The minimum Gasteiger partial charge on any atom is -0.335 e. The largest absolute Gasteiger partial charge is 0.335 e. The van der Waals surface area contributed by atoms with Gasteiger partial charge < -0.3 is 4.90 Å². The van der Waals surface area contributed by atoms with Crippen LogP contribution in [0.1, 0.15) is 74.1 Å². The van der Waals surface area contributed by atoms with E-state index in [1.807, 2.05) is 13.8 Å². The first-order valence-electron chi connectivity index (χ1n) is 7.24. The molecule has 17 heavy (non-hydrogen) atoms. The Kier molecular flexibility index (Phi) is 6.81.